The normalized spacial score (nSPS) is 22.1. The van der Waals surface area contributed by atoms with Gasteiger partial charge in [0, 0.05) is 38.8 Å². The summed E-state index contributed by atoms with van der Waals surface area (Å²) in [5.74, 6) is 0. The van der Waals surface area contributed by atoms with Crippen molar-refractivity contribution in [2.75, 3.05) is 32.8 Å². The number of aliphatic hydroxyl groups excluding tert-OH is 1. The summed E-state index contributed by atoms with van der Waals surface area (Å²) in [6.07, 6.45) is 0.563. The number of amides is 1. The molecule has 1 aliphatic heterocycles. The molecule has 18 heavy (non-hydrogen) atoms. The Kier molecular flexibility index (Phi) is 5.41. The molecule has 0 spiro atoms. The van der Waals surface area contributed by atoms with E-state index in [9.17, 15) is 4.79 Å². The highest BCUT2D eigenvalue weighted by molar-refractivity contribution is 5.68. The third-order valence-corrected chi connectivity index (χ3v) is 3.02. The second-order valence-electron chi connectivity index (χ2n) is 5.89. The van der Waals surface area contributed by atoms with Gasteiger partial charge in [-0.1, -0.05) is 0 Å². The fourth-order valence-corrected chi connectivity index (χ4v) is 2.09. The number of hydrogen-bond donors (Lipinski definition) is 1. The quantitative estimate of drug-likeness (QED) is 0.829. The topological polar surface area (TPSA) is 53.0 Å². The predicted molar refractivity (Wildman–Crippen MR) is 70.5 cm³/mol. The zero-order valence-corrected chi connectivity index (χ0v) is 12.0. The summed E-state index contributed by atoms with van der Waals surface area (Å²) in [4.78, 5) is 16.0. The Balaban J connectivity index is 2.43. The lowest BCUT2D eigenvalue weighted by molar-refractivity contribution is 0.00510. The molecule has 0 aromatic carbocycles. The highest BCUT2D eigenvalue weighted by atomic mass is 16.6. The Bertz CT molecular complexity index is 276. The predicted octanol–water partition coefficient (Wildman–Crippen LogP) is 1.31. The molecule has 0 saturated carbocycles. The summed E-state index contributed by atoms with van der Waals surface area (Å²) in [6.45, 7) is 11.1. The molecule has 0 unspecified atom stereocenters. The number of hydrogen-bond acceptors (Lipinski definition) is 4. The number of aliphatic hydroxyl groups is 1. The third-order valence-electron chi connectivity index (χ3n) is 3.02. The molecule has 1 aliphatic rings. The van der Waals surface area contributed by atoms with Crippen molar-refractivity contribution in [2.45, 2.75) is 45.8 Å². The van der Waals surface area contributed by atoms with Gasteiger partial charge in [0.05, 0.1) is 0 Å². The first-order chi connectivity index (χ1) is 8.33. The fourth-order valence-electron chi connectivity index (χ4n) is 2.09. The van der Waals surface area contributed by atoms with Gasteiger partial charge in [0.2, 0.25) is 0 Å². The number of rotatable bonds is 3. The Morgan fingerprint density at radius 3 is 2.56 bits per heavy atom. The molecule has 5 heteroatoms. The first kappa shape index (κ1) is 15.2. The van der Waals surface area contributed by atoms with E-state index in [4.69, 9.17) is 9.84 Å². The first-order valence-corrected chi connectivity index (χ1v) is 6.66. The van der Waals surface area contributed by atoms with Crippen molar-refractivity contribution >= 4 is 6.09 Å². The molecule has 0 aromatic rings. The lowest BCUT2D eigenvalue weighted by Crippen LogP contribution is -2.54. The molecule has 0 radical (unpaired) electrons. The number of piperazine rings is 1. The van der Waals surface area contributed by atoms with Crippen LogP contribution in [0.5, 0.6) is 0 Å². The zero-order valence-electron chi connectivity index (χ0n) is 12.0. The van der Waals surface area contributed by atoms with Gasteiger partial charge in [0.15, 0.2) is 0 Å². The van der Waals surface area contributed by atoms with E-state index < -0.39 is 5.60 Å². The highest BCUT2D eigenvalue weighted by Gasteiger charge is 2.29. The van der Waals surface area contributed by atoms with Crippen LogP contribution in [0.25, 0.3) is 0 Å². The van der Waals surface area contributed by atoms with Crippen LogP contribution < -0.4 is 0 Å². The van der Waals surface area contributed by atoms with Gasteiger partial charge in [0.1, 0.15) is 5.60 Å². The summed E-state index contributed by atoms with van der Waals surface area (Å²) in [5.41, 5.74) is -0.436. The Morgan fingerprint density at radius 1 is 1.39 bits per heavy atom. The smallest absolute Gasteiger partial charge is 0.410 e. The van der Waals surface area contributed by atoms with E-state index in [0.29, 0.717) is 19.1 Å². The maximum Gasteiger partial charge on any atom is 0.410 e. The SMILES string of the molecule is C[C@@H]1CN(C(=O)OC(C)(C)C)CCN1CCCO. The molecule has 106 valence electrons. The van der Waals surface area contributed by atoms with Crippen molar-refractivity contribution in [3.8, 4) is 0 Å². The maximum absolute atomic E-state index is 11.9. The Labute approximate surface area is 110 Å². The van der Waals surface area contributed by atoms with Gasteiger partial charge in [0.25, 0.3) is 0 Å². The second-order valence-corrected chi connectivity index (χ2v) is 5.89. The standard InChI is InChI=1S/C13H26N2O3/c1-11-10-15(12(17)18-13(2,3)4)8-7-14(11)6-5-9-16/h11,16H,5-10H2,1-4H3/t11-/m1/s1. The molecular formula is C13H26N2O3. The van der Waals surface area contributed by atoms with Gasteiger partial charge < -0.3 is 14.7 Å². The average molecular weight is 258 g/mol. The molecule has 1 heterocycles. The van der Waals surface area contributed by atoms with Crippen LogP contribution in [0.1, 0.15) is 34.1 Å². The van der Waals surface area contributed by atoms with Crippen molar-refractivity contribution in [3.05, 3.63) is 0 Å². The van der Waals surface area contributed by atoms with Gasteiger partial charge in [-0.2, -0.15) is 0 Å². The van der Waals surface area contributed by atoms with Gasteiger partial charge >= 0.3 is 6.09 Å². The van der Waals surface area contributed by atoms with Crippen LogP contribution >= 0.6 is 0 Å². The van der Waals surface area contributed by atoms with E-state index in [-0.39, 0.29) is 12.7 Å². The molecule has 0 aliphatic carbocycles. The van der Waals surface area contributed by atoms with E-state index >= 15 is 0 Å². The summed E-state index contributed by atoms with van der Waals surface area (Å²) in [7, 11) is 0. The van der Waals surface area contributed by atoms with E-state index in [2.05, 4.69) is 11.8 Å². The number of carbonyl (C=O) groups excluding carboxylic acids is 1. The molecular weight excluding hydrogens is 232 g/mol. The monoisotopic (exact) mass is 258 g/mol. The van der Waals surface area contributed by atoms with Gasteiger partial charge in [-0.3, -0.25) is 4.90 Å². The van der Waals surface area contributed by atoms with Crippen LogP contribution in [0, 0.1) is 0 Å². The molecule has 1 fully saturated rings. The largest absolute Gasteiger partial charge is 0.444 e. The zero-order chi connectivity index (χ0) is 13.8. The van der Waals surface area contributed by atoms with E-state index in [1.165, 1.54) is 0 Å². The minimum absolute atomic E-state index is 0.221. The molecule has 1 atom stereocenters. The van der Waals surface area contributed by atoms with Crippen LogP contribution in [0.3, 0.4) is 0 Å². The summed E-state index contributed by atoms with van der Waals surface area (Å²) >= 11 is 0. The second kappa shape index (κ2) is 6.38. The van der Waals surface area contributed by atoms with Gasteiger partial charge in [-0.25, -0.2) is 4.79 Å². The van der Waals surface area contributed by atoms with E-state index in [1.807, 2.05) is 20.8 Å². The van der Waals surface area contributed by atoms with Crippen molar-refractivity contribution in [1.29, 1.82) is 0 Å². The summed E-state index contributed by atoms with van der Waals surface area (Å²) < 4.78 is 5.37. The van der Waals surface area contributed by atoms with Gasteiger partial charge in [-0.15, -0.1) is 0 Å². The van der Waals surface area contributed by atoms with Crippen molar-refractivity contribution in [2.24, 2.45) is 0 Å². The number of carbonyl (C=O) groups is 1. The highest BCUT2D eigenvalue weighted by Crippen LogP contribution is 2.14. The summed E-state index contributed by atoms with van der Waals surface area (Å²) in [5, 5.41) is 8.84. The van der Waals surface area contributed by atoms with E-state index in [1.54, 1.807) is 4.90 Å². The molecule has 5 nitrogen and oxygen atoms in total. The van der Waals surface area contributed by atoms with Crippen molar-refractivity contribution in [3.63, 3.8) is 0 Å². The summed E-state index contributed by atoms with van der Waals surface area (Å²) in [6, 6.07) is 0.317. The van der Waals surface area contributed by atoms with Crippen molar-refractivity contribution < 1.29 is 14.6 Å². The molecule has 1 saturated heterocycles. The maximum atomic E-state index is 11.9. The number of ether oxygens (including phenoxy) is 1. The lowest BCUT2D eigenvalue weighted by Gasteiger charge is -2.40. The average Bonchev–Trinajstić information content (AvgIpc) is 2.25. The minimum Gasteiger partial charge on any atom is -0.444 e. The third kappa shape index (κ3) is 4.82. The van der Waals surface area contributed by atoms with Gasteiger partial charge in [-0.05, 0) is 34.1 Å². The molecule has 0 bridgehead atoms. The molecule has 0 aromatic heterocycles. The molecule has 1 N–H and O–H groups in total. The van der Waals surface area contributed by atoms with E-state index in [0.717, 1.165) is 19.5 Å². The first-order valence-electron chi connectivity index (χ1n) is 6.66. The van der Waals surface area contributed by atoms with Crippen LogP contribution in [-0.4, -0.2) is 65.4 Å². The van der Waals surface area contributed by atoms with Crippen LogP contribution in [-0.2, 0) is 4.74 Å². The Hall–Kier alpha value is -0.810. The number of nitrogens with zero attached hydrogens (tertiary/aromatic N) is 2. The van der Waals surface area contributed by atoms with Crippen LogP contribution in [0.15, 0.2) is 0 Å². The van der Waals surface area contributed by atoms with Crippen molar-refractivity contribution in [1.82, 2.24) is 9.80 Å². The van der Waals surface area contributed by atoms with Crippen LogP contribution in [0.2, 0.25) is 0 Å². The Morgan fingerprint density at radius 2 is 2.06 bits per heavy atom. The van der Waals surface area contributed by atoms with Crippen LogP contribution in [0.4, 0.5) is 4.79 Å². The molecule has 1 rings (SSSR count). The lowest BCUT2D eigenvalue weighted by atomic mass is 10.2. The minimum atomic E-state index is -0.436. The molecule has 1 amide bonds. The fraction of sp³-hybridized carbons (Fsp3) is 0.923.